The third-order valence-corrected chi connectivity index (χ3v) is 8.55. The number of methoxy groups -OCH3 is 4. The second-order valence-electron chi connectivity index (χ2n) is 8.61. The molecule has 0 bridgehead atoms. The maximum atomic E-state index is 12.1. The van der Waals surface area contributed by atoms with Crippen LogP contribution in [0.25, 0.3) is 30.6 Å². The molecule has 2 aromatic carbocycles. The molecule has 0 unspecified atom stereocenters. The number of benzene rings is 2. The van der Waals surface area contributed by atoms with Crippen LogP contribution in [0, 0.1) is 0 Å². The number of carbonyl (C=O) groups excluding carboxylic acids is 3. The number of rotatable bonds is 12. The maximum absolute atomic E-state index is 12.1. The van der Waals surface area contributed by atoms with Gasteiger partial charge in [0.05, 0.1) is 34.1 Å². The Balaban J connectivity index is 1.64. The highest BCUT2D eigenvalue weighted by atomic mass is 32.1. The molecule has 4 rings (SSSR count). The van der Waals surface area contributed by atoms with E-state index >= 15 is 0 Å². The molecule has 214 valence electrons. The number of hydrogen-bond acceptors (Lipinski definition) is 11. The normalized spacial score (nSPS) is 10.5. The first-order chi connectivity index (χ1) is 19.8. The zero-order valence-corrected chi connectivity index (χ0v) is 24.6. The van der Waals surface area contributed by atoms with Crippen molar-refractivity contribution in [2.45, 2.75) is 0 Å². The van der Waals surface area contributed by atoms with Crippen LogP contribution in [-0.2, 0) is 28.6 Å². The summed E-state index contributed by atoms with van der Waals surface area (Å²) < 4.78 is 25.4. The van der Waals surface area contributed by atoms with E-state index in [1.54, 1.807) is 41.9 Å². The Labute approximate surface area is 245 Å². The predicted molar refractivity (Wildman–Crippen MR) is 159 cm³/mol. The summed E-state index contributed by atoms with van der Waals surface area (Å²) in [5.41, 5.74) is 2.38. The van der Waals surface area contributed by atoms with Gasteiger partial charge in [0.25, 0.3) is 0 Å². The van der Waals surface area contributed by atoms with Crippen molar-refractivity contribution in [1.29, 1.82) is 0 Å². The van der Waals surface area contributed by atoms with Crippen LogP contribution in [0.4, 0.5) is 5.69 Å². The molecule has 11 heteroatoms. The zero-order chi connectivity index (χ0) is 29.4. The van der Waals surface area contributed by atoms with E-state index in [0.717, 1.165) is 36.4 Å². The fraction of sp³-hybridized carbons (Fsp3) is 0.233. The lowest BCUT2D eigenvalue weighted by Crippen LogP contribution is -2.36. The molecular weight excluding hydrogens is 566 g/mol. The van der Waals surface area contributed by atoms with Gasteiger partial charge in [-0.1, -0.05) is 6.07 Å². The second kappa shape index (κ2) is 13.8. The fourth-order valence-corrected chi connectivity index (χ4v) is 6.02. The van der Waals surface area contributed by atoms with Crippen molar-refractivity contribution in [2.24, 2.45) is 0 Å². The van der Waals surface area contributed by atoms with E-state index in [1.165, 1.54) is 26.2 Å². The molecule has 0 radical (unpaired) electrons. The molecule has 0 saturated heterocycles. The second-order valence-corrected chi connectivity index (χ2v) is 10.8. The zero-order valence-electron chi connectivity index (χ0n) is 23.0. The van der Waals surface area contributed by atoms with Crippen LogP contribution in [0.5, 0.6) is 11.5 Å². The lowest BCUT2D eigenvalue weighted by atomic mass is 10.1. The lowest BCUT2D eigenvalue weighted by Gasteiger charge is -2.25. The van der Waals surface area contributed by atoms with Gasteiger partial charge in [0, 0.05) is 19.5 Å². The quantitative estimate of drug-likeness (QED) is 0.155. The smallest absolute Gasteiger partial charge is 0.343 e. The topological polar surface area (TPSA) is 101 Å². The van der Waals surface area contributed by atoms with Gasteiger partial charge < -0.3 is 28.6 Å². The summed E-state index contributed by atoms with van der Waals surface area (Å²) in [7, 11) is 5.44. The highest BCUT2D eigenvalue weighted by molar-refractivity contribution is 7.25. The molecular formula is C30H29NO8S2. The molecule has 0 N–H and O–H groups in total. The Bertz CT molecular complexity index is 1490. The standard InChI is InChI=1S/C30H29NO8S2/c1-35-21-8-5-19(6-9-21)24-11-13-26(40-24)27-14-12-25(41-27)20-7-10-22(23(15-20)39-18-30(34)38-4)31(16-28(32)36-2)17-29(33)37-3/h5-15H,16-18H2,1-4H3. The first kappa shape index (κ1) is 29.6. The van der Waals surface area contributed by atoms with Crippen molar-refractivity contribution < 1.29 is 38.1 Å². The summed E-state index contributed by atoms with van der Waals surface area (Å²) in [6, 6.07) is 21.6. The number of hydrogen-bond donors (Lipinski definition) is 0. The van der Waals surface area contributed by atoms with E-state index in [9.17, 15) is 14.4 Å². The summed E-state index contributed by atoms with van der Waals surface area (Å²) in [6.07, 6.45) is 0. The van der Waals surface area contributed by atoms with Crippen molar-refractivity contribution in [3.05, 3.63) is 66.7 Å². The van der Waals surface area contributed by atoms with Gasteiger partial charge in [0.15, 0.2) is 6.61 Å². The first-order valence-corrected chi connectivity index (χ1v) is 14.1. The molecule has 0 atom stereocenters. The number of nitrogens with zero attached hydrogens (tertiary/aromatic N) is 1. The molecule has 4 aromatic rings. The SMILES string of the molecule is COC(=O)COc1cc(-c2ccc(-c3ccc(-c4ccc(OC)cc4)s3)s2)ccc1N(CC(=O)OC)CC(=O)OC. The Morgan fingerprint density at radius 3 is 1.68 bits per heavy atom. The van der Waals surface area contributed by atoms with Gasteiger partial charge in [0.2, 0.25) is 0 Å². The van der Waals surface area contributed by atoms with Gasteiger partial charge in [0.1, 0.15) is 24.6 Å². The van der Waals surface area contributed by atoms with Crippen molar-refractivity contribution in [3.63, 3.8) is 0 Å². The van der Waals surface area contributed by atoms with Crippen LogP contribution in [0.1, 0.15) is 0 Å². The van der Waals surface area contributed by atoms with E-state index < -0.39 is 17.9 Å². The minimum Gasteiger partial charge on any atom is -0.497 e. The molecule has 2 aromatic heterocycles. The van der Waals surface area contributed by atoms with Crippen LogP contribution in [0.15, 0.2) is 66.7 Å². The summed E-state index contributed by atoms with van der Waals surface area (Å²) >= 11 is 3.31. The third-order valence-electron chi connectivity index (χ3n) is 6.08. The molecule has 0 amide bonds. The molecule has 0 aliphatic rings. The molecule has 9 nitrogen and oxygen atoms in total. The highest BCUT2D eigenvalue weighted by Gasteiger charge is 2.21. The lowest BCUT2D eigenvalue weighted by molar-refractivity contribution is -0.143. The monoisotopic (exact) mass is 595 g/mol. The molecule has 0 spiro atoms. The Kier molecular flexibility index (Phi) is 9.99. The van der Waals surface area contributed by atoms with Gasteiger partial charge in [-0.15, -0.1) is 22.7 Å². The van der Waals surface area contributed by atoms with Crippen molar-refractivity contribution in [3.8, 4) is 42.1 Å². The van der Waals surface area contributed by atoms with Crippen molar-refractivity contribution >= 4 is 46.3 Å². The Morgan fingerprint density at radius 2 is 1.15 bits per heavy atom. The maximum Gasteiger partial charge on any atom is 0.343 e. The first-order valence-electron chi connectivity index (χ1n) is 12.4. The van der Waals surface area contributed by atoms with Crippen molar-refractivity contribution in [1.82, 2.24) is 0 Å². The number of thiophene rings is 2. The predicted octanol–water partition coefficient (Wildman–Crippen LogP) is 5.52. The van der Waals surface area contributed by atoms with Crippen LogP contribution in [0.3, 0.4) is 0 Å². The summed E-state index contributed by atoms with van der Waals surface area (Å²) in [5.74, 6) is -0.561. The average Bonchev–Trinajstić information content (AvgIpc) is 3.70. The van der Waals surface area contributed by atoms with Crippen LogP contribution in [0.2, 0.25) is 0 Å². The summed E-state index contributed by atoms with van der Waals surface area (Å²) in [5, 5.41) is 0. The van der Waals surface area contributed by atoms with E-state index in [0.29, 0.717) is 11.4 Å². The summed E-state index contributed by atoms with van der Waals surface area (Å²) in [6.45, 7) is -0.800. The fourth-order valence-electron chi connectivity index (χ4n) is 3.91. The van der Waals surface area contributed by atoms with Crippen LogP contribution < -0.4 is 14.4 Å². The minimum absolute atomic E-state index is 0.225. The van der Waals surface area contributed by atoms with Crippen LogP contribution in [-0.4, -0.2) is 66.0 Å². The van der Waals surface area contributed by atoms with E-state index in [-0.39, 0.29) is 19.7 Å². The highest BCUT2D eigenvalue weighted by Crippen LogP contribution is 2.42. The van der Waals surface area contributed by atoms with Gasteiger partial charge in [-0.25, -0.2) is 4.79 Å². The molecule has 0 saturated carbocycles. The number of esters is 3. The number of anilines is 1. The third kappa shape index (κ3) is 7.44. The molecule has 0 aliphatic heterocycles. The molecule has 2 heterocycles. The van der Waals surface area contributed by atoms with E-state index in [2.05, 4.69) is 18.2 Å². The average molecular weight is 596 g/mol. The van der Waals surface area contributed by atoms with Gasteiger partial charge >= 0.3 is 17.9 Å². The summed E-state index contributed by atoms with van der Waals surface area (Å²) in [4.78, 5) is 41.9. The Morgan fingerprint density at radius 1 is 0.634 bits per heavy atom. The van der Waals surface area contributed by atoms with Gasteiger partial charge in [-0.3, -0.25) is 9.59 Å². The van der Waals surface area contributed by atoms with Gasteiger partial charge in [-0.05, 0) is 71.8 Å². The largest absolute Gasteiger partial charge is 0.497 e. The number of ether oxygens (including phenoxy) is 5. The molecule has 0 aliphatic carbocycles. The van der Waals surface area contributed by atoms with E-state index in [1.807, 2.05) is 36.4 Å². The van der Waals surface area contributed by atoms with Crippen molar-refractivity contribution in [2.75, 3.05) is 53.0 Å². The molecule has 0 fully saturated rings. The van der Waals surface area contributed by atoms with Gasteiger partial charge in [-0.2, -0.15) is 0 Å². The minimum atomic E-state index is -0.572. The van der Waals surface area contributed by atoms with Crippen LogP contribution >= 0.6 is 22.7 Å². The van der Waals surface area contributed by atoms with E-state index in [4.69, 9.17) is 23.7 Å². The Hall–Kier alpha value is -4.35. The molecule has 41 heavy (non-hydrogen) atoms. The number of carbonyl (C=O) groups is 3.